The number of aromatic nitrogens is 2. The van der Waals surface area contributed by atoms with Gasteiger partial charge in [-0.2, -0.15) is 4.98 Å². The predicted molar refractivity (Wildman–Crippen MR) is 82.2 cm³/mol. The molecule has 0 radical (unpaired) electrons. The number of thioether (sulfide) groups is 1. The number of hydrogen-bond acceptors (Lipinski definition) is 5. The molecule has 0 fully saturated rings. The van der Waals surface area contributed by atoms with Gasteiger partial charge in [-0.15, -0.1) is 11.8 Å². The van der Waals surface area contributed by atoms with Crippen LogP contribution in [-0.2, 0) is 12.2 Å². The molecule has 0 saturated carbocycles. The van der Waals surface area contributed by atoms with Gasteiger partial charge in [-0.05, 0) is 38.6 Å². The summed E-state index contributed by atoms with van der Waals surface area (Å²) in [6.07, 6.45) is 1.79. The van der Waals surface area contributed by atoms with Crippen molar-refractivity contribution in [2.45, 2.75) is 36.5 Å². The average Bonchev–Trinajstić information content (AvgIpc) is 2.90. The molecule has 0 aliphatic carbocycles. The first-order valence-electron chi connectivity index (χ1n) is 6.54. The van der Waals surface area contributed by atoms with E-state index < -0.39 is 0 Å². The highest BCUT2D eigenvalue weighted by Crippen LogP contribution is 2.24. The van der Waals surface area contributed by atoms with E-state index in [9.17, 15) is 0 Å². The van der Waals surface area contributed by atoms with Crippen LogP contribution in [0.4, 0.5) is 0 Å². The number of nitrogens with one attached hydrogen (secondary N) is 1. The predicted octanol–water partition coefficient (Wildman–Crippen LogP) is 3.56. The topological polar surface area (TPSA) is 51.0 Å². The van der Waals surface area contributed by atoms with Crippen LogP contribution in [0.1, 0.15) is 25.1 Å². The molecule has 6 heteroatoms. The maximum absolute atomic E-state index is 5.95. The Morgan fingerprint density at radius 2 is 2.30 bits per heavy atom. The molecule has 0 aliphatic heterocycles. The van der Waals surface area contributed by atoms with Gasteiger partial charge in [-0.3, -0.25) is 0 Å². The standard InChI is InChI=1S/C14H18ClN3OS/c1-10(16-2)6-7-14-17-13(18-19-14)9-20-12-5-3-4-11(15)8-12/h3-5,8,10,16H,6-7,9H2,1-2H3. The van der Waals surface area contributed by atoms with E-state index in [1.165, 1.54) is 0 Å². The minimum absolute atomic E-state index is 0.450. The number of rotatable bonds is 7. The summed E-state index contributed by atoms with van der Waals surface area (Å²) < 4.78 is 5.24. The van der Waals surface area contributed by atoms with Gasteiger partial charge in [0, 0.05) is 22.4 Å². The van der Waals surface area contributed by atoms with Gasteiger partial charge in [-0.1, -0.05) is 22.8 Å². The van der Waals surface area contributed by atoms with Crippen molar-refractivity contribution >= 4 is 23.4 Å². The summed E-state index contributed by atoms with van der Waals surface area (Å²) in [5.74, 6) is 2.11. The van der Waals surface area contributed by atoms with E-state index in [4.69, 9.17) is 16.1 Å². The lowest BCUT2D eigenvalue weighted by atomic mass is 10.2. The normalized spacial score (nSPS) is 12.6. The van der Waals surface area contributed by atoms with Gasteiger partial charge in [0.05, 0.1) is 5.75 Å². The van der Waals surface area contributed by atoms with E-state index in [2.05, 4.69) is 22.4 Å². The second-order valence-electron chi connectivity index (χ2n) is 4.58. The maximum atomic E-state index is 5.95. The van der Waals surface area contributed by atoms with Crippen molar-refractivity contribution < 1.29 is 4.52 Å². The van der Waals surface area contributed by atoms with Crippen LogP contribution in [0.2, 0.25) is 5.02 Å². The minimum Gasteiger partial charge on any atom is -0.339 e. The lowest BCUT2D eigenvalue weighted by Gasteiger charge is -2.06. The lowest BCUT2D eigenvalue weighted by molar-refractivity contribution is 0.365. The maximum Gasteiger partial charge on any atom is 0.226 e. The van der Waals surface area contributed by atoms with Crippen molar-refractivity contribution in [3.8, 4) is 0 Å². The minimum atomic E-state index is 0.450. The summed E-state index contributed by atoms with van der Waals surface area (Å²) in [5.41, 5.74) is 0. The molecule has 1 aromatic carbocycles. The van der Waals surface area contributed by atoms with Crippen molar-refractivity contribution in [3.05, 3.63) is 41.0 Å². The highest BCUT2D eigenvalue weighted by Gasteiger charge is 2.08. The second kappa shape index (κ2) is 7.67. The largest absolute Gasteiger partial charge is 0.339 e. The van der Waals surface area contributed by atoms with Crippen LogP contribution in [0.15, 0.2) is 33.7 Å². The SMILES string of the molecule is CNC(C)CCc1nc(CSc2cccc(Cl)c2)no1. The fourth-order valence-electron chi connectivity index (χ4n) is 1.64. The Hall–Kier alpha value is -1.04. The lowest BCUT2D eigenvalue weighted by Crippen LogP contribution is -2.21. The fraction of sp³-hybridized carbons (Fsp3) is 0.429. The van der Waals surface area contributed by atoms with Gasteiger partial charge >= 0.3 is 0 Å². The van der Waals surface area contributed by atoms with Crippen molar-refractivity contribution in [2.75, 3.05) is 7.05 Å². The molecule has 4 nitrogen and oxygen atoms in total. The van der Waals surface area contributed by atoms with E-state index in [0.717, 1.165) is 28.6 Å². The monoisotopic (exact) mass is 311 g/mol. The highest BCUT2D eigenvalue weighted by atomic mass is 35.5. The molecule has 1 unspecified atom stereocenters. The van der Waals surface area contributed by atoms with E-state index in [-0.39, 0.29) is 0 Å². The summed E-state index contributed by atoms with van der Waals surface area (Å²) in [6.45, 7) is 2.13. The number of hydrogen-bond donors (Lipinski definition) is 1. The van der Waals surface area contributed by atoms with Crippen molar-refractivity contribution in [2.24, 2.45) is 0 Å². The van der Waals surface area contributed by atoms with Gasteiger partial charge < -0.3 is 9.84 Å². The van der Waals surface area contributed by atoms with Gasteiger partial charge in [0.25, 0.3) is 0 Å². The van der Waals surface area contributed by atoms with E-state index >= 15 is 0 Å². The molecule has 0 aliphatic rings. The molecule has 20 heavy (non-hydrogen) atoms. The molecule has 1 atom stereocenters. The molecule has 1 N–H and O–H groups in total. The summed E-state index contributed by atoms with van der Waals surface area (Å²) >= 11 is 7.59. The van der Waals surface area contributed by atoms with Crippen LogP contribution in [0, 0.1) is 0 Å². The number of benzene rings is 1. The van der Waals surface area contributed by atoms with Crippen LogP contribution in [0.25, 0.3) is 0 Å². The summed E-state index contributed by atoms with van der Waals surface area (Å²) in [5, 5.41) is 7.93. The second-order valence-corrected chi connectivity index (χ2v) is 6.06. The first kappa shape index (κ1) is 15.4. The Labute approximate surface area is 128 Å². The third-order valence-corrected chi connectivity index (χ3v) is 4.18. The average molecular weight is 312 g/mol. The molecule has 2 rings (SSSR count). The summed E-state index contributed by atoms with van der Waals surface area (Å²) in [6, 6.07) is 8.20. The van der Waals surface area contributed by atoms with Gasteiger partial charge in [0.1, 0.15) is 0 Å². The van der Waals surface area contributed by atoms with Crippen LogP contribution in [-0.4, -0.2) is 23.2 Å². The Morgan fingerprint density at radius 3 is 3.05 bits per heavy atom. The van der Waals surface area contributed by atoms with Crippen molar-refractivity contribution in [3.63, 3.8) is 0 Å². The molecule has 1 aromatic heterocycles. The Kier molecular flexibility index (Phi) is 5.88. The zero-order valence-corrected chi connectivity index (χ0v) is 13.2. The van der Waals surface area contributed by atoms with Gasteiger partial charge in [-0.25, -0.2) is 0 Å². The first-order chi connectivity index (χ1) is 9.67. The van der Waals surface area contributed by atoms with E-state index in [1.54, 1.807) is 11.8 Å². The molecule has 2 aromatic rings. The Balaban J connectivity index is 1.83. The highest BCUT2D eigenvalue weighted by molar-refractivity contribution is 7.98. The molecular formula is C14H18ClN3OS. The molecule has 1 heterocycles. The van der Waals surface area contributed by atoms with Crippen LogP contribution < -0.4 is 5.32 Å². The summed E-state index contributed by atoms with van der Waals surface area (Å²) in [7, 11) is 1.95. The van der Waals surface area contributed by atoms with Crippen molar-refractivity contribution in [1.82, 2.24) is 15.5 Å². The van der Waals surface area contributed by atoms with Crippen molar-refractivity contribution in [1.29, 1.82) is 0 Å². The molecule has 0 bridgehead atoms. The third-order valence-electron chi connectivity index (χ3n) is 2.96. The van der Waals surface area contributed by atoms with Crippen LogP contribution in [0.5, 0.6) is 0 Å². The smallest absolute Gasteiger partial charge is 0.226 e. The van der Waals surface area contributed by atoms with Crippen LogP contribution >= 0.6 is 23.4 Å². The first-order valence-corrected chi connectivity index (χ1v) is 7.91. The number of halogens is 1. The Bertz CT molecular complexity index is 547. The third kappa shape index (κ3) is 4.81. The van der Waals surface area contributed by atoms with Gasteiger partial charge in [0.2, 0.25) is 5.89 Å². The molecule has 108 valence electrons. The molecular weight excluding hydrogens is 294 g/mol. The number of aryl methyl sites for hydroxylation is 1. The summed E-state index contributed by atoms with van der Waals surface area (Å²) in [4.78, 5) is 5.50. The van der Waals surface area contributed by atoms with Crippen LogP contribution in [0.3, 0.4) is 0 Å². The fourth-order valence-corrected chi connectivity index (χ4v) is 2.69. The molecule has 0 spiro atoms. The van der Waals surface area contributed by atoms with Gasteiger partial charge in [0.15, 0.2) is 5.82 Å². The van der Waals surface area contributed by atoms with E-state index in [1.807, 2.05) is 31.3 Å². The van der Waals surface area contributed by atoms with E-state index in [0.29, 0.717) is 17.7 Å². The number of nitrogens with zero attached hydrogens (tertiary/aromatic N) is 2. The quantitative estimate of drug-likeness (QED) is 0.792. The molecule has 0 amide bonds. The zero-order valence-electron chi connectivity index (χ0n) is 11.6. The Morgan fingerprint density at radius 1 is 1.45 bits per heavy atom. The molecule has 0 saturated heterocycles. The zero-order chi connectivity index (χ0) is 14.4.